The quantitative estimate of drug-likeness (QED) is 0.732. The first-order valence-corrected chi connectivity index (χ1v) is 6.22. The van der Waals surface area contributed by atoms with Crippen molar-refractivity contribution in [1.82, 2.24) is 9.88 Å². The van der Waals surface area contributed by atoms with Crippen molar-refractivity contribution < 1.29 is 4.79 Å². The predicted molar refractivity (Wildman–Crippen MR) is 61.1 cm³/mol. The van der Waals surface area contributed by atoms with Crippen LogP contribution in [0.1, 0.15) is 36.4 Å². The average Bonchev–Trinajstić information content (AvgIpc) is 2.65. The summed E-state index contributed by atoms with van der Waals surface area (Å²) in [5, 5.41) is 3.28. The van der Waals surface area contributed by atoms with Gasteiger partial charge in [0.05, 0.1) is 5.01 Å². The maximum Gasteiger partial charge on any atom is 0.219 e. The maximum atomic E-state index is 11.3. The molecule has 0 radical (unpaired) electrons. The van der Waals surface area contributed by atoms with Gasteiger partial charge in [0.1, 0.15) is 0 Å². The second kappa shape index (κ2) is 4.31. The standard InChI is InChI=1S/C11H16N2OS/c1-8-7-15-11(12-8)10-4-3-5-13(6-10)9(2)14/h7,10H,3-6H2,1-2H3. The molecule has 2 heterocycles. The molecule has 1 saturated heterocycles. The first kappa shape index (κ1) is 10.6. The number of aromatic nitrogens is 1. The van der Waals surface area contributed by atoms with Gasteiger partial charge in [-0.2, -0.15) is 0 Å². The largest absolute Gasteiger partial charge is 0.342 e. The van der Waals surface area contributed by atoms with Crippen molar-refractivity contribution in [3.05, 3.63) is 16.1 Å². The van der Waals surface area contributed by atoms with Crippen LogP contribution < -0.4 is 0 Å². The zero-order valence-corrected chi connectivity index (χ0v) is 10.0. The zero-order chi connectivity index (χ0) is 10.8. The highest BCUT2D eigenvalue weighted by atomic mass is 32.1. The smallest absolute Gasteiger partial charge is 0.219 e. The van der Waals surface area contributed by atoms with Gasteiger partial charge in [0.2, 0.25) is 5.91 Å². The molecule has 1 aliphatic rings. The van der Waals surface area contributed by atoms with E-state index in [0.29, 0.717) is 5.92 Å². The Balaban J connectivity index is 2.07. The van der Waals surface area contributed by atoms with Crippen LogP contribution >= 0.6 is 11.3 Å². The molecule has 0 saturated carbocycles. The van der Waals surface area contributed by atoms with Crippen molar-refractivity contribution in [2.45, 2.75) is 32.6 Å². The summed E-state index contributed by atoms with van der Waals surface area (Å²) in [5.74, 6) is 0.648. The summed E-state index contributed by atoms with van der Waals surface area (Å²) in [5.41, 5.74) is 1.09. The number of piperidine rings is 1. The van der Waals surface area contributed by atoms with Crippen LogP contribution in [0.3, 0.4) is 0 Å². The van der Waals surface area contributed by atoms with Gasteiger partial charge in [0, 0.05) is 37.0 Å². The van der Waals surface area contributed by atoms with Crippen molar-refractivity contribution in [3.8, 4) is 0 Å². The van der Waals surface area contributed by atoms with Gasteiger partial charge in [0.15, 0.2) is 0 Å². The Morgan fingerprint density at radius 1 is 1.67 bits per heavy atom. The van der Waals surface area contributed by atoms with Gasteiger partial charge in [-0.3, -0.25) is 4.79 Å². The van der Waals surface area contributed by atoms with E-state index < -0.39 is 0 Å². The molecule has 1 atom stereocenters. The van der Waals surface area contributed by atoms with Crippen molar-refractivity contribution in [1.29, 1.82) is 0 Å². The lowest BCUT2D eigenvalue weighted by Gasteiger charge is -2.30. The molecule has 1 fully saturated rings. The Bertz CT molecular complexity index is 361. The fourth-order valence-electron chi connectivity index (χ4n) is 2.02. The first-order valence-electron chi connectivity index (χ1n) is 5.34. The van der Waals surface area contributed by atoms with E-state index in [0.717, 1.165) is 31.6 Å². The van der Waals surface area contributed by atoms with E-state index in [4.69, 9.17) is 0 Å². The van der Waals surface area contributed by atoms with Gasteiger partial charge in [-0.05, 0) is 19.8 Å². The van der Waals surface area contributed by atoms with Gasteiger partial charge in [-0.1, -0.05) is 0 Å². The normalized spacial score (nSPS) is 21.7. The summed E-state index contributed by atoms with van der Waals surface area (Å²) in [4.78, 5) is 17.7. The number of thiazole rings is 1. The number of aryl methyl sites for hydroxylation is 1. The zero-order valence-electron chi connectivity index (χ0n) is 9.19. The van der Waals surface area contributed by atoms with Gasteiger partial charge in [-0.15, -0.1) is 11.3 Å². The summed E-state index contributed by atoms with van der Waals surface area (Å²) in [6.45, 7) is 5.43. The lowest BCUT2D eigenvalue weighted by Crippen LogP contribution is -2.37. The van der Waals surface area contributed by atoms with Gasteiger partial charge < -0.3 is 4.90 Å². The summed E-state index contributed by atoms with van der Waals surface area (Å²) >= 11 is 1.72. The van der Waals surface area contributed by atoms with E-state index >= 15 is 0 Å². The van der Waals surface area contributed by atoms with Gasteiger partial charge >= 0.3 is 0 Å². The molecule has 3 nitrogen and oxygen atoms in total. The number of likely N-dealkylation sites (tertiary alicyclic amines) is 1. The lowest BCUT2D eigenvalue weighted by atomic mass is 9.99. The van der Waals surface area contributed by atoms with E-state index in [9.17, 15) is 4.79 Å². The van der Waals surface area contributed by atoms with Crippen LogP contribution in [0.2, 0.25) is 0 Å². The number of carbonyl (C=O) groups is 1. The minimum Gasteiger partial charge on any atom is -0.342 e. The van der Waals surface area contributed by atoms with Gasteiger partial charge in [0.25, 0.3) is 0 Å². The summed E-state index contributed by atoms with van der Waals surface area (Å²) < 4.78 is 0. The molecule has 4 heteroatoms. The fraction of sp³-hybridized carbons (Fsp3) is 0.636. The van der Waals surface area contributed by atoms with E-state index in [1.54, 1.807) is 18.3 Å². The Morgan fingerprint density at radius 3 is 3.07 bits per heavy atom. The molecule has 1 unspecified atom stereocenters. The maximum absolute atomic E-state index is 11.3. The molecule has 0 N–H and O–H groups in total. The lowest BCUT2D eigenvalue weighted by molar-refractivity contribution is -0.130. The molecule has 0 aliphatic carbocycles. The molecule has 1 amide bonds. The first-order chi connectivity index (χ1) is 7.16. The Hall–Kier alpha value is -0.900. The van der Waals surface area contributed by atoms with Gasteiger partial charge in [-0.25, -0.2) is 4.98 Å². The molecule has 2 rings (SSSR count). The van der Waals surface area contributed by atoms with Crippen LogP contribution in [-0.4, -0.2) is 28.9 Å². The number of rotatable bonds is 1. The molecule has 1 aromatic rings. The number of hydrogen-bond donors (Lipinski definition) is 0. The minimum atomic E-state index is 0.188. The van der Waals surface area contributed by atoms with Crippen molar-refractivity contribution >= 4 is 17.2 Å². The third-order valence-electron chi connectivity index (χ3n) is 2.85. The highest BCUT2D eigenvalue weighted by molar-refractivity contribution is 7.09. The van der Waals surface area contributed by atoms with Crippen LogP contribution in [0.15, 0.2) is 5.38 Å². The highest BCUT2D eigenvalue weighted by Crippen LogP contribution is 2.28. The highest BCUT2D eigenvalue weighted by Gasteiger charge is 2.24. The second-order valence-electron chi connectivity index (χ2n) is 4.13. The third-order valence-corrected chi connectivity index (χ3v) is 3.98. The van der Waals surface area contributed by atoms with Crippen LogP contribution in [0.25, 0.3) is 0 Å². The molecule has 0 bridgehead atoms. The molecular weight excluding hydrogens is 208 g/mol. The number of carbonyl (C=O) groups excluding carboxylic acids is 1. The van der Waals surface area contributed by atoms with E-state index in [1.807, 2.05) is 11.8 Å². The summed E-state index contributed by atoms with van der Waals surface area (Å²) in [6, 6.07) is 0. The van der Waals surface area contributed by atoms with Crippen LogP contribution in [0.5, 0.6) is 0 Å². The molecule has 1 aliphatic heterocycles. The second-order valence-corrected chi connectivity index (χ2v) is 5.02. The van der Waals surface area contributed by atoms with Crippen molar-refractivity contribution in [3.63, 3.8) is 0 Å². The Labute approximate surface area is 94.1 Å². The molecule has 0 aromatic carbocycles. The predicted octanol–water partition coefficient (Wildman–Crippen LogP) is 2.18. The van der Waals surface area contributed by atoms with E-state index in [1.165, 1.54) is 5.01 Å². The van der Waals surface area contributed by atoms with Crippen molar-refractivity contribution in [2.75, 3.05) is 13.1 Å². The molecule has 15 heavy (non-hydrogen) atoms. The minimum absolute atomic E-state index is 0.188. The van der Waals surface area contributed by atoms with Crippen LogP contribution in [-0.2, 0) is 4.79 Å². The third kappa shape index (κ3) is 2.37. The Morgan fingerprint density at radius 2 is 2.47 bits per heavy atom. The number of amides is 1. The molecular formula is C11H16N2OS. The monoisotopic (exact) mass is 224 g/mol. The van der Waals surface area contributed by atoms with Crippen LogP contribution in [0.4, 0.5) is 0 Å². The van der Waals surface area contributed by atoms with Crippen LogP contribution in [0, 0.1) is 6.92 Å². The average molecular weight is 224 g/mol. The van der Waals surface area contributed by atoms with Crippen molar-refractivity contribution in [2.24, 2.45) is 0 Å². The summed E-state index contributed by atoms with van der Waals surface area (Å²) in [6.07, 6.45) is 2.26. The Kier molecular flexibility index (Phi) is 3.05. The topological polar surface area (TPSA) is 33.2 Å². The number of nitrogens with zero attached hydrogens (tertiary/aromatic N) is 2. The van der Waals surface area contributed by atoms with E-state index in [-0.39, 0.29) is 5.91 Å². The molecule has 1 aromatic heterocycles. The molecule has 82 valence electrons. The fourth-order valence-corrected chi connectivity index (χ4v) is 2.95. The molecule has 0 spiro atoms. The SMILES string of the molecule is CC(=O)N1CCCC(c2nc(C)cs2)C1. The number of hydrogen-bond acceptors (Lipinski definition) is 3. The van der Waals surface area contributed by atoms with E-state index in [2.05, 4.69) is 10.4 Å². The summed E-state index contributed by atoms with van der Waals surface area (Å²) in [7, 11) is 0.